The molecule has 0 aliphatic heterocycles. The van der Waals surface area contributed by atoms with Crippen LogP contribution in [0.5, 0.6) is 23.3 Å². The van der Waals surface area contributed by atoms with E-state index in [2.05, 4.69) is 51.1 Å². The molecule has 569 valence electrons. The predicted octanol–water partition coefficient (Wildman–Crippen LogP) is 6.91. The van der Waals surface area contributed by atoms with Crippen LogP contribution in [0, 0.1) is 47.9 Å². The van der Waals surface area contributed by atoms with Crippen molar-refractivity contribution >= 4 is 68.8 Å². The Morgan fingerprint density at radius 1 is 0.505 bits per heavy atom. The van der Waals surface area contributed by atoms with Gasteiger partial charge in [0, 0.05) is 73.0 Å². The van der Waals surface area contributed by atoms with Crippen LogP contribution in [0.1, 0.15) is 49.2 Å². The number of hydrogen-bond donors (Lipinski definition) is 5. The summed E-state index contributed by atoms with van der Waals surface area (Å²) in [5.74, 6) is -4.39. The van der Waals surface area contributed by atoms with Gasteiger partial charge in [-0.25, -0.2) is 9.59 Å². The van der Waals surface area contributed by atoms with Crippen LogP contribution in [0.2, 0.25) is 0 Å². The first-order valence-electron chi connectivity index (χ1n) is 32.5. The molecule has 0 bridgehead atoms. The third-order valence-corrected chi connectivity index (χ3v) is 15.4. The molecule has 5 N–H and O–H groups in total. The van der Waals surface area contributed by atoms with E-state index < -0.39 is 68.0 Å². The number of nitro groups is 2. The smallest absolute Gasteiger partial charge is 0.871 e. The Hall–Kier alpha value is -13.2. The monoisotopic (exact) mass is 1540 g/mol. The normalized spacial score (nSPS) is 11.8. The number of non-ortho nitro benzene ring substituents is 2. The number of benzene rings is 4. The summed E-state index contributed by atoms with van der Waals surface area (Å²) in [4.78, 5) is 96.8. The molecule has 39 heteroatoms. The van der Waals surface area contributed by atoms with Crippen molar-refractivity contribution in [2.45, 2.75) is 79.7 Å². The molecule has 0 saturated carbocycles. The van der Waals surface area contributed by atoms with Crippen LogP contribution in [-0.4, -0.2) is 129 Å². The Kier molecular flexibility index (Phi) is 30.1. The SMILES string of the molecule is CC(O)C(=O)O.CC(O)C(=O)O.Cc1[n-]n(-c2ccc(N=Nc3c(C)c(-[n+]4ccccc4)c(=O)n(CCCN(C)C)c3O)cc2)c(=O)c1N=Nc1cc([N+](=O)[O-])ccc1[O-].Cc1[n-]n(-c2ccc(N=Nc3c(C)c(-[n+]4ccccc4)c(=O)n(CCCN(C)C)c3[O-])cc2)c(=O)c1N=Nc1cc([N+](=O)[O-])ccc1[O-].[Fe+3]. The molecular formula is C70H73FeN20O18. The van der Waals surface area contributed by atoms with Crippen molar-refractivity contribution in [3.05, 3.63) is 230 Å². The van der Waals surface area contributed by atoms with Gasteiger partial charge in [0.15, 0.2) is 30.5 Å². The second kappa shape index (κ2) is 38.7. The molecule has 0 amide bonds. The summed E-state index contributed by atoms with van der Waals surface area (Å²) in [6.07, 6.45) is 5.67. The summed E-state index contributed by atoms with van der Waals surface area (Å²) >= 11 is 0. The zero-order chi connectivity index (χ0) is 79.4. The first-order chi connectivity index (χ1) is 51.2. The summed E-state index contributed by atoms with van der Waals surface area (Å²) < 4.78 is 7.99. The van der Waals surface area contributed by atoms with E-state index >= 15 is 0 Å². The standard InChI is InChI=1S/2C32H32N10O6.2C3H6O3.Fe/c2*1-20-27(30(44)40(18-8-15-38(3)4)32(46)29(20)39-16-6-5-7-17-39)35-33-22-9-11-23(12-10-22)41-31(45)28(21(2)37-41)36-34-25-19-24(42(47)48)13-14-26(25)43;2*1-2(4)3(5)6;/h2*5-7,9-14,16-17,19H,8,15,18H2,1-4H3,(H2-,33,34,35,36,37,43,44,45,46);2*2,4H,1H3,(H,5,6);/q;;;;+3/p-3. The first-order valence-corrected chi connectivity index (χ1v) is 32.5. The fraction of sp³-hybridized carbons (Fsp3) is 0.257. The maximum absolute atomic E-state index is 13.5. The number of aromatic hydroxyl groups is 1. The van der Waals surface area contributed by atoms with Crippen LogP contribution >= 0.6 is 0 Å². The average molecular weight is 1540 g/mol. The topological polar surface area (TPSA) is 520 Å². The van der Waals surface area contributed by atoms with Crippen LogP contribution in [0.15, 0.2) is 206 Å². The molecule has 109 heavy (non-hydrogen) atoms. The van der Waals surface area contributed by atoms with Crippen LogP contribution in [0.25, 0.3) is 22.7 Å². The van der Waals surface area contributed by atoms with Gasteiger partial charge < -0.3 is 74.8 Å². The van der Waals surface area contributed by atoms with Gasteiger partial charge in [-0.05, 0) is 136 Å². The van der Waals surface area contributed by atoms with E-state index in [1.54, 1.807) is 121 Å². The van der Waals surface area contributed by atoms with E-state index in [-0.39, 0.29) is 98.5 Å². The summed E-state index contributed by atoms with van der Waals surface area (Å²) in [6, 6.07) is 29.5. The summed E-state index contributed by atoms with van der Waals surface area (Å²) in [5, 5.41) is 143. The first kappa shape index (κ1) is 84.7. The van der Waals surface area contributed by atoms with Crippen molar-refractivity contribution in [2.24, 2.45) is 40.9 Å². The van der Waals surface area contributed by atoms with Crippen molar-refractivity contribution in [1.29, 1.82) is 0 Å². The number of rotatable bonds is 24. The molecule has 38 nitrogen and oxygen atoms in total. The molecule has 1 radical (unpaired) electrons. The van der Waals surface area contributed by atoms with E-state index in [1.165, 1.54) is 36.8 Å². The quantitative estimate of drug-likeness (QED) is 0.0135. The molecule has 0 fully saturated rings. The molecule has 6 heterocycles. The molecule has 4 aromatic carbocycles. The minimum atomic E-state index is -1.23. The number of nitro benzene ring substituents is 2. The number of aliphatic hydroxyl groups is 2. The summed E-state index contributed by atoms with van der Waals surface area (Å²) in [7, 11) is 7.68. The van der Waals surface area contributed by atoms with Crippen molar-refractivity contribution < 1.29 is 86.5 Å². The number of aliphatic carboxylic acids is 2. The molecule has 0 spiro atoms. The number of carboxylic acids is 2. The van der Waals surface area contributed by atoms with Gasteiger partial charge in [-0.15, -0.1) is 31.8 Å². The van der Waals surface area contributed by atoms with Crippen LogP contribution in [-0.2, 0) is 39.7 Å². The zero-order valence-corrected chi connectivity index (χ0v) is 61.2. The van der Waals surface area contributed by atoms with Gasteiger partial charge in [-0.3, -0.25) is 44.0 Å². The Balaban J connectivity index is 0.000000293. The third kappa shape index (κ3) is 22.0. The van der Waals surface area contributed by atoms with E-state index in [9.17, 15) is 69.4 Å². The van der Waals surface area contributed by atoms with Gasteiger partial charge in [0.2, 0.25) is 5.88 Å². The number of carbonyl (C=O) groups is 2. The Bertz CT molecular complexity index is 4960. The Morgan fingerprint density at radius 2 is 0.844 bits per heavy atom. The van der Waals surface area contributed by atoms with Crippen LogP contribution in [0.4, 0.5) is 56.9 Å². The molecule has 2 atom stereocenters. The van der Waals surface area contributed by atoms with Crippen LogP contribution < -0.4 is 56.9 Å². The molecule has 0 aliphatic rings. The maximum Gasteiger partial charge on any atom is 3.00 e. The average Bonchev–Trinajstić information content (AvgIpc) is 0.884. The molecule has 6 aromatic heterocycles. The summed E-state index contributed by atoms with van der Waals surface area (Å²) in [6.45, 7) is 10.7. The number of nitrogens with zero attached hydrogens (tertiary/aromatic N) is 20. The number of carboxylic acid groups (broad SMARTS) is 2. The zero-order valence-electron chi connectivity index (χ0n) is 60.1. The summed E-state index contributed by atoms with van der Waals surface area (Å²) in [5.41, 5.74) is 0.00194. The Morgan fingerprint density at radius 3 is 1.20 bits per heavy atom. The molecular weight excluding hydrogens is 1460 g/mol. The second-order valence-electron chi connectivity index (χ2n) is 24.0. The van der Waals surface area contributed by atoms with Gasteiger partial charge in [0.25, 0.3) is 33.9 Å². The molecule has 0 aliphatic carbocycles. The number of pyridine rings is 4. The third-order valence-electron chi connectivity index (χ3n) is 15.4. The minimum Gasteiger partial charge on any atom is -0.871 e. The van der Waals surface area contributed by atoms with Crippen LogP contribution in [0.3, 0.4) is 0 Å². The number of hydrogen-bond acceptors (Lipinski definition) is 26. The molecule has 2 unspecified atom stereocenters. The van der Waals surface area contributed by atoms with Gasteiger partial charge in [-0.1, -0.05) is 49.6 Å². The Labute approximate surface area is 629 Å². The fourth-order valence-corrected chi connectivity index (χ4v) is 9.73. The van der Waals surface area contributed by atoms with Gasteiger partial charge >= 0.3 is 40.1 Å². The molecule has 0 saturated heterocycles. The van der Waals surface area contributed by atoms with Crippen molar-refractivity contribution in [2.75, 3.05) is 41.3 Å². The van der Waals surface area contributed by atoms with Gasteiger partial charge in [-0.2, -0.15) is 29.6 Å². The number of aliphatic hydroxyl groups excluding tert-OH is 2. The van der Waals surface area contributed by atoms with Gasteiger partial charge in [0.05, 0.1) is 43.7 Å². The fourth-order valence-electron chi connectivity index (χ4n) is 9.73. The van der Waals surface area contributed by atoms with E-state index in [4.69, 9.17) is 20.4 Å². The minimum absolute atomic E-state index is 0. The molecule has 10 aromatic rings. The number of azo groups is 4. The predicted molar refractivity (Wildman–Crippen MR) is 382 cm³/mol. The molecule has 10 rings (SSSR count). The largest absolute Gasteiger partial charge is 3.00 e. The van der Waals surface area contributed by atoms with Gasteiger partial charge in [0.1, 0.15) is 29.3 Å². The number of aromatic nitrogens is 8. The van der Waals surface area contributed by atoms with Crippen molar-refractivity contribution in [3.8, 4) is 46.0 Å². The van der Waals surface area contributed by atoms with E-state index in [1.807, 2.05) is 50.1 Å². The van der Waals surface area contributed by atoms with E-state index in [0.717, 1.165) is 45.8 Å². The van der Waals surface area contributed by atoms with E-state index in [0.29, 0.717) is 71.2 Å². The number of aryl methyl sites for hydroxylation is 2. The maximum atomic E-state index is 13.5. The second-order valence-corrected chi connectivity index (χ2v) is 24.0. The van der Waals surface area contributed by atoms with Crippen molar-refractivity contribution in [3.63, 3.8) is 0 Å². The van der Waals surface area contributed by atoms with Crippen molar-refractivity contribution in [1.82, 2.24) is 38.5 Å².